The Balaban J connectivity index is 0.000000606. The lowest BCUT2D eigenvalue weighted by molar-refractivity contribution is 0.589. The van der Waals surface area contributed by atoms with Crippen LogP contribution in [0.5, 0.6) is 0 Å². The van der Waals surface area contributed by atoms with Crippen LogP contribution >= 0.6 is 0 Å². The zero-order valence-electron chi connectivity index (χ0n) is 10.8. The SMILES string of the molecule is CC.CCc1ccc(N2CCNCC2)cc1. The van der Waals surface area contributed by atoms with E-state index in [2.05, 4.69) is 41.4 Å². The van der Waals surface area contributed by atoms with Gasteiger partial charge in [-0.25, -0.2) is 0 Å². The molecule has 2 rings (SSSR count). The second-order valence-electron chi connectivity index (χ2n) is 3.76. The molecule has 1 aromatic rings. The van der Waals surface area contributed by atoms with Gasteiger partial charge in [-0.3, -0.25) is 0 Å². The van der Waals surface area contributed by atoms with Crippen molar-refractivity contribution in [2.75, 3.05) is 31.1 Å². The van der Waals surface area contributed by atoms with E-state index >= 15 is 0 Å². The molecule has 1 fully saturated rings. The fourth-order valence-corrected chi connectivity index (χ4v) is 1.87. The minimum atomic E-state index is 1.11. The highest BCUT2D eigenvalue weighted by Gasteiger charge is 2.09. The lowest BCUT2D eigenvalue weighted by Crippen LogP contribution is -2.43. The molecule has 1 heterocycles. The lowest BCUT2D eigenvalue weighted by atomic mass is 10.1. The molecule has 0 amide bonds. The summed E-state index contributed by atoms with van der Waals surface area (Å²) in [6.07, 6.45) is 1.13. The van der Waals surface area contributed by atoms with E-state index in [4.69, 9.17) is 0 Å². The summed E-state index contributed by atoms with van der Waals surface area (Å²) < 4.78 is 0. The first-order valence-corrected chi connectivity index (χ1v) is 6.45. The van der Waals surface area contributed by atoms with Gasteiger partial charge in [-0.2, -0.15) is 0 Å². The normalized spacial score (nSPS) is 15.3. The molecule has 16 heavy (non-hydrogen) atoms. The zero-order chi connectivity index (χ0) is 11.8. The molecule has 1 aromatic carbocycles. The van der Waals surface area contributed by atoms with Crippen LogP contribution in [0.3, 0.4) is 0 Å². The summed E-state index contributed by atoms with van der Waals surface area (Å²) in [5.74, 6) is 0. The summed E-state index contributed by atoms with van der Waals surface area (Å²) in [6.45, 7) is 10.7. The molecule has 2 nitrogen and oxygen atoms in total. The quantitative estimate of drug-likeness (QED) is 0.824. The first-order chi connectivity index (χ1) is 7.90. The Bertz CT molecular complexity index is 273. The topological polar surface area (TPSA) is 15.3 Å². The van der Waals surface area contributed by atoms with Crippen LogP contribution in [0.25, 0.3) is 0 Å². The van der Waals surface area contributed by atoms with Crippen LogP contribution in [0.4, 0.5) is 5.69 Å². The molecule has 2 heteroatoms. The van der Waals surface area contributed by atoms with E-state index in [-0.39, 0.29) is 0 Å². The van der Waals surface area contributed by atoms with E-state index in [9.17, 15) is 0 Å². The van der Waals surface area contributed by atoms with Crippen molar-refractivity contribution in [3.63, 3.8) is 0 Å². The maximum atomic E-state index is 3.37. The lowest BCUT2D eigenvalue weighted by Gasteiger charge is -2.29. The Kier molecular flexibility index (Phi) is 5.94. The van der Waals surface area contributed by atoms with Crippen LogP contribution in [0.1, 0.15) is 26.3 Å². The van der Waals surface area contributed by atoms with Gasteiger partial charge >= 0.3 is 0 Å². The van der Waals surface area contributed by atoms with Gasteiger partial charge in [0.15, 0.2) is 0 Å². The Morgan fingerprint density at radius 1 is 1.06 bits per heavy atom. The van der Waals surface area contributed by atoms with E-state index in [0.29, 0.717) is 0 Å². The first kappa shape index (κ1) is 13.0. The Morgan fingerprint density at radius 3 is 2.12 bits per heavy atom. The predicted molar refractivity (Wildman–Crippen MR) is 72.3 cm³/mol. The van der Waals surface area contributed by atoms with Crippen molar-refractivity contribution >= 4 is 5.69 Å². The molecule has 0 bridgehead atoms. The van der Waals surface area contributed by atoms with Gasteiger partial charge in [0.1, 0.15) is 0 Å². The van der Waals surface area contributed by atoms with Gasteiger partial charge in [0.2, 0.25) is 0 Å². The smallest absolute Gasteiger partial charge is 0.0367 e. The highest BCUT2D eigenvalue weighted by molar-refractivity contribution is 5.48. The van der Waals surface area contributed by atoms with Gasteiger partial charge in [-0.05, 0) is 24.1 Å². The van der Waals surface area contributed by atoms with Crippen molar-refractivity contribution in [3.8, 4) is 0 Å². The Morgan fingerprint density at radius 2 is 1.62 bits per heavy atom. The molecule has 1 aliphatic heterocycles. The average molecular weight is 220 g/mol. The zero-order valence-corrected chi connectivity index (χ0v) is 10.8. The van der Waals surface area contributed by atoms with Crippen molar-refractivity contribution < 1.29 is 0 Å². The fraction of sp³-hybridized carbons (Fsp3) is 0.571. The molecular formula is C14H24N2. The molecule has 0 aliphatic carbocycles. The van der Waals surface area contributed by atoms with E-state index < -0.39 is 0 Å². The second-order valence-corrected chi connectivity index (χ2v) is 3.76. The van der Waals surface area contributed by atoms with Crippen LogP contribution < -0.4 is 10.2 Å². The third-order valence-corrected chi connectivity index (χ3v) is 2.83. The predicted octanol–water partition coefficient (Wildman–Crippen LogP) is 2.68. The molecule has 1 saturated heterocycles. The number of nitrogens with one attached hydrogen (secondary N) is 1. The minimum absolute atomic E-state index is 1.11. The molecule has 1 N–H and O–H groups in total. The summed E-state index contributed by atoms with van der Waals surface area (Å²) in [5.41, 5.74) is 2.78. The van der Waals surface area contributed by atoms with Crippen molar-refractivity contribution in [1.29, 1.82) is 0 Å². The number of piperazine rings is 1. The van der Waals surface area contributed by atoms with Crippen LogP contribution in [-0.4, -0.2) is 26.2 Å². The van der Waals surface area contributed by atoms with Crippen molar-refractivity contribution in [3.05, 3.63) is 29.8 Å². The highest BCUT2D eigenvalue weighted by Crippen LogP contribution is 2.15. The largest absolute Gasteiger partial charge is 0.369 e. The van der Waals surface area contributed by atoms with E-state index in [1.54, 1.807) is 0 Å². The summed E-state index contributed by atoms with van der Waals surface area (Å²) in [5, 5.41) is 3.37. The molecule has 90 valence electrons. The van der Waals surface area contributed by atoms with Crippen molar-refractivity contribution in [2.24, 2.45) is 0 Å². The summed E-state index contributed by atoms with van der Waals surface area (Å²) >= 11 is 0. The third-order valence-electron chi connectivity index (χ3n) is 2.83. The fourth-order valence-electron chi connectivity index (χ4n) is 1.87. The van der Waals surface area contributed by atoms with Crippen molar-refractivity contribution in [2.45, 2.75) is 27.2 Å². The number of benzene rings is 1. The monoisotopic (exact) mass is 220 g/mol. The molecule has 0 saturated carbocycles. The second kappa shape index (κ2) is 7.29. The van der Waals surface area contributed by atoms with Crippen LogP contribution in [0.15, 0.2) is 24.3 Å². The van der Waals surface area contributed by atoms with Crippen LogP contribution in [-0.2, 0) is 6.42 Å². The summed E-state index contributed by atoms with van der Waals surface area (Å²) in [4.78, 5) is 2.44. The molecular weight excluding hydrogens is 196 g/mol. The standard InChI is InChI=1S/C12H18N2.C2H6/c1-2-11-3-5-12(6-4-11)14-9-7-13-8-10-14;1-2/h3-6,13H,2,7-10H2,1H3;1-2H3. The van der Waals surface area contributed by atoms with Gasteiger partial charge in [0.05, 0.1) is 0 Å². The number of rotatable bonds is 2. The minimum Gasteiger partial charge on any atom is -0.369 e. The summed E-state index contributed by atoms with van der Waals surface area (Å²) in [6, 6.07) is 8.95. The number of hydrogen-bond acceptors (Lipinski definition) is 2. The van der Waals surface area contributed by atoms with Gasteiger partial charge in [0.25, 0.3) is 0 Å². The molecule has 0 radical (unpaired) electrons. The van der Waals surface area contributed by atoms with E-state index in [0.717, 1.165) is 32.6 Å². The number of anilines is 1. The average Bonchev–Trinajstić information content (AvgIpc) is 2.42. The van der Waals surface area contributed by atoms with Gasteiger partial charge in [0, 0.05) is 31.9 Å². The molecule has 1 aliphatic rings. The van der Waals surface area contributed by atoms with Crippen molar-refractivity contribution in [1.82, 2.24) is 5.32 Å². The maximum Gasteiger partial charge on any atom is 0.0367 e. The Labute approximate surface area is 99.7 Å². The van der Waals surface area contributed by atoms with Gasteiger partial charge in [-0.1, -0.05) is 32.9 Å². The first-order valence-electron chi connectivity index (χ1n) is 6.45. The number of aryl methyl sites for hydroxylation is 1. The molecule has 0 unspecified atom stereocenters. The van der Waals surface area contributed by atoms with Crippen LogP contribution in [0, 0.1) is 0 Å². The molecule has 0 aromatic heterocycles. The third kappa shape index (κ3) is 3.53. The maximum absolute atomic E-state index is 3.37. The van der Waals surface area contributed by atoms with Gasteiger partial charge < -0.3 is 10.2 Å². The number of hydrogen-bond donors (Lipinski definition) is 1. The number of nitrogens with zero attached hydrogens (tertiary/aromatic N) is 1. The highest BCUT2D eigenvalue weighted by atomic mass is 15.2. The van der Waals surface area contributed by atoms with Crippen LogP contribution in [0.2, 0.25) is 0 Å². The van der Waals surface area contributed by atoms with Gasteiger partial charge in [-0.15, -0.1) is 0 Å². The summed E-state index contributed by atoms with van der Waals surface area (Å²) in [7, 11) is 0. The molecule has 0 spiro atoms. The van der Waals surface area contributed by atoms with E-state index in [1.165, 1.54) is 11.3 Å². The molecule has 0 atom stereocenters. The van der Waals surface area contributed by atoms with E-state index in [1.807, 2.05) is 13.8 Å². The Hall–Kier alpha value is -1.02.